The lowest BCUT2D eigenvalue weighted by Gasteiger charge is -2.17. The summed E-state index contributed by atoms with van der Waals surface area (Å²) in [5.41, 5.74) is 4.24. The van der Waals surface area contributed by atoms with Crippen LogP contribution in [-0.2, 0) is 16.0 Å². The first kappa shape index (κ1) is 18.8. The second-order valence-corrected chi connectivity index (χ2v) is 9.52. The van der Waals surface area contributed by atoms with Crippen molar-refractivity contribution in [3.63, 3.8) is 0 Å². The van der Waals surface area contributed by atoms with Crippen molar-refractivity contribution in [2.24, 2.45) is 5.92 Å². The number of likely N-dealkylation sites (tertiary alicyclic amines) is 1. The van der Waals surface area contributed by atoms with E-state index >= 15 is 0 Å². The summed E-state index contributed by atoms with van der Waals surface area (Å²) < 4.78 is 0. The van der Waals surface area contributed by atoms with E-state index in [-0.39, 0.29) is 17.7 Å². The Labute approximate surface area is 174 Å². The van der Waals surface area contributed by atoms with Crippen LogP contribution in [0.5, 0.6) is 0 Å². The lowest BCUT2D eigenvalue weighted by molar-refractivity contribution is -0.119. The number of rotatable bonds is 5. The molecule has 0 bridgehead atoms. The largest absolute Gasteiger partial charge is 0.312 e. The molecule has 0 atom stereocenters. The molecule has 7 heteroatoms. The quantitative estimate of drug-likeness (QED) is 0.820. The van der Waals surface area contributed by atoms with Crippen molar-refractivity contribution in [1.29, 1.82) is 0 Å². The van der Waals surface area contributed by atoms with Crippen molar-refractivity contribution < 1.29 is 9.59 Å². The Morgan fingerprint density at radius 2 is 2.00 bits per heavy atom. The average molecular weight is 411 g/mol. The number of hydrogen-bond donors (Lipinski definition) is 1. The van der Waals surface area contributed by atoms with Gasteiger partial charge in [-0.2, -0.15) is 0 Å². The van der Waals surface area contributed by atoms with Crippen LogP contribution in [0.15, 0.2) is 18.2 Å². The number of carbonyl (C=O) groups excluding carboxylic acids is 2. The molecule has 1 aromatic carbocycles. The second-order valence-electron chi connectivity index (χ2n) is 8.31. The highest BCUT2D eigenvalue weighted by Crippen LogP contribution is 2.39. The second kappa shape index (κ2) is 7.54. The molecule has 5 rings (SSSR count). The van der Waals surface area contributed by atoms with Gasteiger partial charge >= 0.3 is 0 Å². The number of thiazole rings is 1. The average Bonchev–Trinajstić information content (AvgIpc) is 3.08. The topological polar surface area (TPSA) is 65.5 Å². The molecule has 2 aliphatic heterocycles. The summed E-state index contributed by atoms with van der Waals surface area (Å²) in [7, 11) is 0. The molecule has 152 valence electrons. The van der Waals surface area contributed by atoms with Crippen LogP contribution in [0.4, 0.5) is 10.8 Å². The highest BCUT2D eigenvalue weighted by Gasteiger charge is 2.36. The Balaban J connectivity index is 1.31. The van der Waals surface area contributed by atoms with Crippen LogP contribution >= 0.6 is 11.3 Å². The molecule has 3 heterocycles. The minimum absolute atomic E-state index is 0.00961. The summed E-state index contributed by atoms with van der Waals surface area (Å²) in [5, 5.41) is 3.63. The Morgan fingerprint density at radius 3 is 2.76 bits per heavy atom. The third-order valence-electron chi connectivity index (χ3n) is 6.05. The van der Waals surface area contributed by atoms with Gasteiger partial charge in [0, 0.05) is 28.6 Å². The number of nitrogens with zero attached hydrogens (tertiary/aromatic N) is 3. The summed E-state index contributed by atoms with van der Waals surface area (Å²) >= 11 is 1.52. The van der Waals surface area contributed by atoms with E-state index in [0.717, 1.165) is 60.7 Å². The molecule has 3 aliphatic rings. The van der Waals surface area contributed by atoms with Gasteiger partial charge in [0.1, 0.15) is 0 Å². The van der Waals surface area contributed by atoms with E-state index in [1.54, 1.807) is 0 Å². The highest BCUT2D eigenvalue weighted by atomic mass is 32.1. The van der Waals surface area contributed by atoms with Crippen molar-refractivity contribution in [2.75, 3.05) is 36.4 Å². The number of aromatic nitrogens is 1. The Hall–Kier alpha value is -2.25. The minimum Gasteiger partial charge on any atom is -0.312 e. The number of fused-ring (bicyclic) bond motifs is 1. The molecule has 1 N–H and O–H groups in total. The van der Waals surface area contributed by atoms with Crippen LogP contribution < -0.4 is 10.2 Å². The van der Waals surface area contributed by atoms with E-state index < -0.39 is 0 Å². The standard InChI is InChI=1S/C22H26N4O2S/c1-14-20(24-22(29-14)23-19(27)13-25-9-2-3-10-25)17-6-7-18-16(12-17)8-11-26(18)21(28)15-4-5-15/h6-7,12,15H,2-5,8-11,13H2,1H3,(H,23,24,27). The fraction of sp³-hybridized carbons (Fsp3) is 0.500. The number of benzene rings is 1. The first-order valence-electron chi connectivity index (χ1n) is 10.5. The summed E-state index contributed by atoms with van der Waals surface area (Å²) in [5.74, 6) is 0.535. The molecular formula is C22H26N4O2S. The van der Waals surface area contributed by atoms with Gasteiger partial charge in [-0.1, -0.05) is 6.07 Å². The van der Waals surface area contributed by atoms with Gasteiger partial charge in [0.05, 0.1) is 12.2 Å². The Morgan fingerprint density at radius 1 is 1.21 bits per heavy atom. The molecule has 1 saturated heterocycles. The van der Waals surface area contributed by atoms with Crippen LogP contribution in [0.2, 0.25) is 0 Å². The molecule has 0 unspecified atom stereocenters. The molecule has 2 amide bonds. The molecule has 6 nitrogen and oxygen atoms in total. The maximum Gasteiger partial charge on any atom is 0.240 e. The molecule has 1 saturated carbocycles. The lowest BCUT2D eigenvalue weighted by atomic mass is 10.1. The zero-order valence-electron chi connectivity index (χ0n) is 16.7. The van der Waals surface area contributed by atoms with Crippen molar-refractivity contribution >= 4 is 34.0 Å². The van der Waals surface area contributed by atoms with Crippen molar-refractivity contribution in [3.05, 3.63) is 28.6 Å². The van der Waals surface area contributed by atoms with Gasteiger partial charge < -0.3 is 10.2 Å². The van der Waals surface area contributed by atoms with Gasteiger partial charge in [-0.05, 0) is 69.8 Å². The molecule has 0 spiro atoms. The predicted octanol–water partition coefficient (Wildman–Crippen LogP) is 3.45. The molecule has 29 heavy (non-hydrogen) atoms. The number of aryl methyl sites for hydroxylation is 1. The van der Waals surface area contributed by atoms with Crippen molar-refractivity contribution in [1.82, 2.24) is 9.88 Å². The smallest absolute Gasteiger partial charge is 0.240 e. The van der Waals surface area contributed by atoms with Gasteiger partial charge in [-0.3, -0.25) is 14.5 Å². The number of anilines is 2. The molecule has 0 radical (unpaired) electrons. The normalized spacial score (nSPS) is 18.9. The van der Waals surface area contributed by atoms with Crippen LogP contribution in [0.25, 0.3) is 11.3 Å². The fourth-order valence-corrected chi connectivity index (χ4v) is 5.20. The van der Waals surface area contributed by atoms with Gasteiger partial charge in [0.25, 0.3) is 0 Å². The zero-order valence-corrected chi connectivity index (χ0v) is 17.6. The van der Waals surface area contributed by atoms with E-state index in [9.17, 15) is 9.59 Å². The first-order chi connectivity index (χ1) is 14.1. The number of nitrogens with one attached hydrogen (secondary N) is 1. The molecular weight excluding hydrogens is 384 g/mol. The lowest BCUT2D eigenvalue weighted by Crippen LogP contribution is -2.30. The van der Waals surface area contributed by atoms with E-state index in [1.807, 2.05) is 11.8 Å². The number of amides is 2. The summed E-state index contributed by atoms with van der Waals surface area (Å²) in [4.78, 5) is 34.7. The zero-order chi connectivity index (χ0) is 20.0. The summed E-state index contributed by atoms with van der Waals surface area (Å²) in [6.07, 6.45) is 5.32. The van der Waals surface area contributed by atoms with Crippen molar-refractivity contribution in [3.8, 4) is 11.3 Å². The third kappa shape index (κ3) is 3.81. The number of carbonyl (C=O) groups is 2. The Kier molecular flexibility index (Phi) is 4.87. The summed E-state index contributed by atoms with van der Waals surface area (Å²) in [6, 6.07) is 6.27. The minimum atomic E-state index is 0.00961. The van der Waals surface area contributed by atoms with Crippen LogP contribution in [-0.4, -0.2) is 47.9 Å². The summed E-state index contributed by atoms with van der Waals surface area (Å²) in [6.45, 7) is 5.27. The van der Waals surface area contributed by atoms with Gasteiger partial charge in [0.15, 0.2) is 5.13 Å². The third-order valence-corrected chi connectivity index (χ3v) is 6.94. The van der Waals surface area contributed by atoms with E-state index in [2.05, 4.69) is 28.4 Å². The first-order valence-corrected chi connectivity index (χ1v) is 11.3. The van der Waals surface area contributed by atoms with Crippen LogP contribution in [0.3, 0.4) is 0 Å². The van der Waals surface area contributed by atoms with Crippen molar-refractivity contribution in [2.45, 2.75) is 39.0 Å². The molecule has 1 aromatic heterocycles. The SMILES string of the molecule is Cc1sc(NC(=O)CN2CCCC2)nc1-c1ccc2c(c1)CCN2C(=O)C1CC1. The number of hydrogen-bond acceptors (Lipinski definition) is 5. The molecule has 2 aromatic rings. The fourth-order valence-electron chi connectivity index (χ4n) is 4.35. The highest BCUT2D eigenvalue weighted by molar-refractivity contribution is 7.16. The van der Waals surface area contributed by atoms with E-state index in [4.69, 9.17) is 4.98 Å². The maximum absolute atomic E-state index is 12.5. The molecule has 1 aliphatic carbocycles. The van der Waals surface area contributed by atoms with E-state index in [1.165, 1.54) is 29.7 Å². The van der Waals surface area contributed by atoms with Gasteiger partial charge in [-0.15, -0.1) is 11.3 Å². The van der Waals surface area contributed by atoms with Crippen LogP contribution in [0, 0.1) is 12.8 Å². The van der Waals surface area contributed by atoms with Gasteiger partial charge in [-0.25, -0.2) is 4.98 Å². The van der Waals surface area contributed by atoms with E-state index in [0.29, 0.717) is 11.7 Å². The molecule has 2 fully saturated rings. The predicted molar refractivity (Wildman–Crippen MR) is 115 cm³/mol. The van der Waals surface area contributed by atoms with Gasteiger partial charge in [0.2, 0.25) is 11.8 Å². The van der Waals surface area contributed by atoms with Crippen LogP contribution in [0.1, 0.15) is 36.1 Å². The maximum atomic E-state index is 12.5. The monoisotopic (exact) mass is 410 g/mol. The Bertz CT molecular complexity index is 960.